The van der Waals surface area contributed by atoms with Crippen LogP contribution in [0.2, 0.25) is 0 Å². The summed E-state index contributed by atoms with van der Waals surface area (Å²) >= 11 is 0. The van der Waals surface area contributed by atoms with E-state index < -0.39 is 0 Å². The maximum atomic E-state index is 4.62. The highest BCUT2D eigenvalue weighted by atomic mass is 15.4. The maximum absolute atomic E-state index is 4.62. The van der Waals surface area contributed by atoms with E-state index in [2.05, 4.69) is 100 Å². The standard InChI is InChI=1S/C27H31N5.C2H6.H2/c1-19(2)20(3)27(30-28-4)23-13-15-29-25(17-23)26-18-32(31(26)5)16-14-22-11-8-10-21-9-6-7-12-24(21)22;1-2;/h6-13,15,17-18,28,30H,1,14,16H2,2-5H3;1-2H3;1H/b27-20-;;. The lowest BCUT2D eigenvalue weighted by molar-refractivity contribution is 0.463. The Morgan fingerprint density at radius 1 is 1.06 bits per heavy atom. The molecule has 0 saturated heterocycles. The maximum Gasteiger partial charge on any atom is 0.100 e. The van der Waals surface area contributed by atoms with Crippen LogP contribution < -0.4 is 10.9 Å². The van der Waals surface area contributed by atoms with Gasteiger partial charge in [0.15, 0.2) is 0 Å². The van der Waals surface area contributed by atoms with E-state index in [-0.39, 0.29) is 1.43 Å². The van der Waals surface area contributed by atoms with Gasteiger partial charge in [-0.25, -0.2) is 5.43 Å². The summed E-state index contributed by atoms with van der Waals surface area (Å²) in [5, 5.41) is 2.63. The zero-order valence-electron chi connectivity index (χ0n) is 21.3. The summed E-state index contributed by atoms with van der Waals surface area (Å²) in [6, 6.07) is 19.3. The van der Waals surface area contributed by atoms with E-state index in [9.17, 15) is 0 Å². The highest BCUT2D eigenvalue weighted by molar-refractivity contribution is 5.85. The Balaban J connectivity index is 0.00000140. The third kappa shape index (κ3) is 5.32. The van der Waals surface area contributed by atoms with Gasteiger partial charge in [0.25, 0.3) is 0 Å². The number of nitrogens with zero attached hydrogens (tertiary/aromatic N) is 3. The lowest BCUT2D eigenvalue weighted by atomic mass is 10.0. The Hall–Kier alpha value is -3.57. The predicted molar refractivity (Wildman–Crippen MR) is 147 cm³/mol. The van der Waals surface area contributed by atoms with Crippen molar-refractivity contribution in [3.05, 3.63) is 95.8 Å². The number of hydrogen-bond donors (Lipinski definition) is 2. The number of rotatable bonds is 8. The molecule has 0 spiro atoms. The number of allylic oxidation sites excluding steroid dienone is 2. The highest BCUT2D eigenvalue weighted by Crippen LogP contribution is 2.26. The number of aromatic nitrogens is 3. The summed E-state index contributed by atoms with van der Waals surface area (Å²) in [7, 11) is 3.96. The van der Waals surface area contributed by atoms with Crippen molar-refractivity contribution in [1.82, 2.24) is 25.2 Å². The van der Waals surface area contributed by atoms with Crippen molar-refractivity contribution in [1.29, 1.82) is 0 Å². The molecule has 0 unspecified atom stereocenters. The molecule has 2 aromatic carbocycles. The molecule has 4 rings (SSSR count). The van der Waals surface area contributed by atoms with Crippen molar-refractivity contribution in [2.45, 2.75) is 40.7 Å². The van der Waals surface area contributed by atoms with Gasteiger partial charge in [0.2, 0.25) is 0 Å². The quantitative estimate of drug-likeness (QED) is 0.232. The average molecular weight is 458 g/mol. The second-order valence-corrected chi connectivity index (χ2v) is 8.17. The van der Waals surface area contributed by atoms with Crippen LogP contribution in [0, 0.1) is 0 Å². The topological polar surface area (TPSA) is 46.8 Å². The molecule has 0 amide bonds. The Kier molecular flexibility index (Phi) is 8.50. The van der Waals surface area contributed by atoms with Gasteiger partial charge in [0.1, 0.15) is 5.69 Å². The molecule has 5 heteroatoms. The first-order valence-electron chi connectivity index (χ1n) is 11.9. The van der Waals surface area contributed by atoms with Crippen molar-refractivity contribution in [2.75, 3.05) is 7.05 Å². The molecule has 0 aliphatic carbocycles. The molecule has 5 nitrogen and oxygen atoms in total. The third-order valence-corrected chi connectivity index (χ3v) is 6.07. The molecule has 180 valence electrons. The van der Waals surface area contributed by atoms with Gasteiger partial charge in [0.05, 0.1) is 11.4 Å². The average Bonchev–Trinajstić information content (AvgIpc) is 2.87. The molecule has 0 atom stereocenters. The lowest BCUT2D eigenvalue weighted by Gasteiger charge is -2.24. The van der Waals surface area contributed by atoms with Crippen molar-refractivity contribution in [3.8, 4) is 11.4 Å². The molecule has 0 bridgehead atoms. The largest absolute Gasteiger partial charge is 0.321 e. The van der Waals surface area contributed by atoms with Crippen LogP contribution >= 0.6 is 0 Å². The van der Waals surface area contributed by atoms with E-state index in [1.807, 2.05) is 40.1 Å². The minimum absolute atomic E-state index is 0. The summed E-state index contributed by atoms with van der Waals surface area (Å²) in [6.07, 6.45) is 5.03. The SMILES string of the molecule is C=C(C)/C(C)=C(\NNC)c1ccnc(-c2cn(CCc3cccc4ccccc34)n2C)c1.CC.[HH]. The summed E-state index contributed by atoms with van der Waals surface area (Å²) < 4.78 is 4.42. The van der Waals surface area contributed by atoms with Gasteiger partial charge in [-0.15, -0.1) is 0 Å². The predicted octanol–water partition coefficient (Wildman–Crippen LogP) is 6.59. The molecule has 0 aliphatic rings. The van der Waals surface area contributed by atoms with Gasteiger partial charge in [0, 0.05) is 40.0 Å². The normalized spacial score (nSPS) is 11.6. The van der Waals surface area contributed by atoms with Crippen LogP contribution in [-0.2, 0) is 20.0 Å². The summed E-state index contributed by atoms with van der Waals surface area (Å²) in [6.45, 7) is 13.1. The summed E-state index contributed by atoms with van der Waals surface area (Å²) in [5.41, 5.74) is 14.0. The van der Waals surface area contributed by atoms with Crippen LogP contribution in [0.25, 0.3) is 27.9 Å². The molecule has 2 N–H and O–H groups in total. The molecule has 0 fully saturated rings. The number of hydrazine groups is 1. The van der Waals surface area contributed by atoms with E-state index in [1.165, 1.54) is 16.3 Å². The number of aryl methyl sites for hydroxylation is 2. The molecule has 4 aromatic rings. The van der Waals surface area contributed by atoms with Crippen molar-refractivity contribution < 1.29 is 1.43 Å². The van der Waals surface area contributed by atoms with Crippen LogP contribution in [0.3, 0.4) is 0 Å². The van der Waals surface area contributed by atoms with Crippen LogP contribution in [0.1, 0.15) is 40.2 Å². The first-order valence-corrected chi connectivity index (χ1v) is 11.9. The monoisotopic (exact) mass is 457 g/mol. The Bertz CT molecular complexity index is 1290. The van der Waals surface area contributed by atoms with Gasteiger partial charge in [-0.2, -0.15) is 0 Å². The molecule has 0 aliphatic heterocycles. The Morgan fingerprint density at radius 3 is 2.50 bits per heavy atom. The van der Waals surface area contributed by atoms with Gasteiger partial charge < -0.3 is 5.43 Å². The molecule has 0 saturated carbocycles. The molecular weight excluding hydrogens is 418 g/mol. The van der Waals surface area contributed by atoms with Crippen LogP contribution in [0.5, 0.6) is 0 Å². The van der Waals surface area contributed by atoms with E-state index in [4.69, 9.17) is 0 Å². The summed E-state index contributed by atoms with van der Waals surface area (Å²) in [5.74, 6) is 0. The zero-order chi connectivity index (χ0) is 24.7. The van der Waals surface area contributed by atoms with Crippen molar-refractivity contribution in [3.63, 3.8) is 0 Å². The van der Waals surface area contributed by atoms with Crippen LogP contribution in [0.15, 0.2) is 84.7 Å². The van der Waals surface area contributed by atoms with E-state index in [1.54, 1.807) is 0 Å². The van der Waals surface area contributed by atoms with Crippen LogP contribution in [-0.4, -0.2) is 21.4 Å². The number of fused-ring (bicyclic) bond motifs is 1. The number of benzene rings is 2. The van der Waals surface area contributed by atoms with Gasteiger partial charge in [-0.05, 0) is 54.3 Å². The Labute approximate surface area is 205 Å². The Morgan fingerprint density at radius 2 is 1.79 bits per heavy atom. The molecular formula is C29H39N5. The lowest BCUT2D eigenvalue weighted by Crippen LogP contribution is -2.27. The number of nitrogens with one attached hydrogen (secondary N) is 2. The minimum Gasteiger partial charge on any atom is -0.321 e. The molecule has 2 heterocycles. The molecule has 2 aromatic heterocycles. The number of hydrogen-bond acceptors (Lipinski definition) is 3. The third-order valence-electron chi connectivity index (χ3n) is 6.07. The number of pyridine rings is 1. The fourth-order valence-corrected chi connectivity index (χ4v) is 4.03. The fourth-order valence-electron chi connectivity index (χ4n) is 4.03. The van der Waals surface area contributed by atoms with Crippen molar-refractivity contribution >= 4 is 16.5 Å². The first kappa shape index (κ1) is 25.1. The van der Waals surface area contributed by atoms with E-state index in [0.717, 1.165) is 46.8 Å². The van der Waals surface area contributed by atoms with Gasteiger partial charge >= 0.3 is 0 Å². The minimum atomic E-state index is 0. The fraction of sp³-hybridized carbons (Fsp3) is 0.276. The van der Waals surface area contributed by atoms with E-state index >= 15 is 0 Å². The van der Waals surface area contributed by atoms with E-state index in [0.29, 0.717) is 0 Å². The van der Waals surface area contributed by atoms with Gasteiger partial charge in [-0.3, -0.25) is 14.3 Å². The molecule has 0 radical (unpaired) electrons. The smallest absolute Gasteiger partial charge is 0.100 e. The van der Waals surface area contributed by atoms with Crippen LogP contribution in [0.4, 0.5) is 0 Å². The highest BCUT2D eigenvalue weighted by Gasteiger charge is 2.14. The summed E-state index contributed by atoms with van der Waals surface area (Å²) in [4.78, 5) is 4.62. The second kappa shape index (κ2) is 11.5. The first-order chi connectivity index (χ1) is 16.5. The second-order valence-electron chi connectivity index (χ2n) is 8.17. The van der Waals surface area contributed by atoms with Gasteiger partial charge in [-0.1, -0.05) is 68.5 Å². The van der Waals surface area contributed by atoms with Crippen molar-refractivity contribution in [2.24, 2.45) is 7.05 Å². The molecule has 34 heavy (non-hydrogen) atoms. The zero-order valence-corrected chi connectivity index (χ0v) is 21.3.